The molecule has 22 heavy (non-hydrogen) atoms. The van der Waals surface area contributed by atoms with E-state index in [2.05, 4.69) is 25.0 Å². The maximum Gasteiger partial charge on any atom is 0.471 e. The van der Waals surface area contributed by atoms with E-state index in [1.807, 2.05) is 0 Å². The van der Waals surface area contributed by atoms with E-state index in [0.29, 0.717) is 5.69 Å². The third-order valence-corrected chi connectivity index (χ3v) is 2.46. The molecule has 7 nitrogen and oxygen atoms in total. The van der Waals surface area contributed by atoms with Crippen LogP contribution in [0.4, 0.5) is 13.2 Å². The molecule has 2 heterocycles. The lowest BCUT2D eigenvalue weighted by molar-refractivity contribution is -0.159. The Bertz CT molecular complexity index is 703. The highest BCUT2D eigenvalue weighted by molar-refractivity contribution is 5.77. The molecule has 0 aromatic carbocycles. The lowest BCUT2D eigenvalue weighted by Crippen LogP contribution is -2.22. The minimum atomic E-state index is -4.70. The molecule has 0 bridgehead atoms. The number of hydrogen-bond donors (Lipinski definition) is 1. The van der Waals surface area contributed by atoms with Gasteiger partial charge in [0.1, 0.15) is 6.42 Å². The number of amides is 1. The molecule has 0 aliphatic heterocycles. The number of rotatable bonds is 4. The number of hydrogen-bond acceptors (Lipinski definition) is 6. The van der Waals surface area contributed by atoms with Crippen LogP contribution in [0, 0.1) is 11.3 Å². The number of alkyl halides is 3. The van der Waals surface area contributed by atoms with Crippen molar-refractivity contribution in [1.29, 1.82) is 5.26 Å². The van der Waals surface area contributed by atoms with Crippen LogP contribution in [0.15, 0.2) is 22.9 Å². The van der Waals surface area contributed by atoms with Gasteiger partial charge < -0.3 is 9.84 Å². The summed E-state index contributed by atoms with van der Waals surface area (Å²) >= 11 is 0. The zero-order valence-electron chi connectivity index (χ0n) is 10.9. The van der Waals surface area contributed by atoms with Gasteiger partial charge in [0, 0.05) is 11.8 Å². The summed E-state index contributed by atoms with van der Waals surface area (Å²) in [4.78, 5) is 18.3. The average molecular weight is 311 g/mol. The van der Waals surface area contributed by atoms with E-state index in [1.165, 1.54) is 18.3 Å². The average Bonchev–Trinajstić information content (AvgIpc) is 2.96. The van der Waals surface area contributed by atoms with Crippen LogP contribution in [0.1, 0.15) is 18.0 Å². The van der Waals surface area contributed by atoms with Gasteiger partial charge in [-0.2, -0.15) is 23.4 Å². The zero-order chi connectivity index (χ0) is 16.2. The van der Waals surface area contributed by atoms with Gasteiger partial charge in [0.25, 0.3) is 0 Å². The van der Waals surface area contributed by atoms with Crippen LogP contribution in [0.3, 0.4) is 0 Å². The van der Waals surface area contributed by atoms with Crippen molar-refractivity contribution in [3.05, 3.63) is 29.9 Å². The number of nitriles is 1. The Hall–Kier alpha value is -2.96. The van der Waals surface area contributed by atoms with Gasteiger partial charge in [-0.15, -0.1) is 0 Å². The summed E-state index contributed by atoms with van der Waals surface area (Å²) < 4.78 is 41.2. The van der Waals surface area contributed by atoms with Crippen LogP contribution in [-0.4, -0.2) is 21.0 Å². The van der Waals surface area contributed by atoms with E-state index < -0.39 is 18.0 Å². The van der Waals surface area contributed by atoms with Crippen LogP contribution in [0.25, 0.3) is 11.4 Å². The van der Waals surface area contributed by atoms with Crippen molar-refractivity contribution in [2.24, 2.45) is 0 Å². The lowest BCUT2D eigenvalue weighted by Gasteiger charge is -2.02. The van der Waals surface area contributed by atoms with E-state index in [4.69, 9.17) is 5.26 Å². The van der Waals surface area contributed by atoms with Crippen molar-refractivity contribution in [2.75, 3.05) is 0 Å². The highest BCUT2D eigenvalue weighted by atomic mass is 19.4. The Morgan fingerprint density at radius 2 is 2.18 bits per heavy atom. The molecule has 0 spiro atoms. The van der Waals surface area contributed by atoms with Crippen molar-refractivity contribution >= 4 is 5.91 Å². The van der Waals surface area contributed by atoms with Gasteiger partial charge in [-0.1, -0.05) is 5.16 Å². The summed E-state index contributed by atoms with van der Waals surface area (Å²) in [6.07, 6.45) is -3.71. The predicted molar refractivity (Wildman–Crippen MR) is 64.6 cm³/mol. The molecule has 0 atom stereocenters. The predicted octanol–water partition coefficient (Wildman–Crippen LogP) is 1.68. The molecular formula is C12H8F3N5O2. The second kappa shape index (κ2) is 6.21. The molecule has 1 amide bonds. The van der Waals surface area contributed by atoms with Gasteiger partial charge in [0.05, 0.1) is 18.3 Å². The number of aromatic nitrogens is 3. The first-order chi connectivity index (χ1) is 10.4. The zero-order valence-corrected chi connectivity index (χ0v) is 10.9. The fourth-order valence-electron chi connectivity index (χ4n) is 1.44. The highest BCUT2D eigenvalue weighted by Gasteiger charge is 2.38. The molecule has 0 unspecified atom stereocenters. The smallest absolute Gasteiger partial charge is 0.350 e. The maximum atomic E-state index is 12.3. The molecule has 0 aliphatic rings. The summed E-state index contributed by atoms with van der Waals surface area (Å²) in [5, 5.41) is 14.0. The summed E-state index contributed by atoms with van der Waals surface area (Å²) in [6, 6.07) is 4.64. The molecule has 10 heteroatoms. The minimum absolute atomic E-state index is 0.0981. The standard InChI is InChI=1S/C12H8F3N5O2/c13-12(14,15)11-19-10(20-22-11)7-1-2-8(17-5-7)6-18-9(21)3-4-16/h1-2,5H,3,6H2,(H,18,21). The van der Waals surface area contributed by atoms with Crippen molar-refractivity contribution in [3.8, 4) is 17.5 Å². The highest BCUT2D eigenvalue weighted by Crippen LogP contribution is 2.29. The van der Waals surface area contributed by atoms with Crippen molar-refractivity contribution in [2.45, 2.75) is 19.1 Å². The summed E-state index contributed by atoms with van der Waals surface area (Å²) in [5.74, 6) is -2.11. The molecule has 0 saturated carbocycles. The van der Waals surface area contributed by atoms with Gasteiger partial charge in [-0.05, 0) is 12.1 Å². The van der Waals surface area contributed by atoms with Crippen molar-refractivity contribution in [1.82, 2.24) is 20.4 Å². The third-order valence-electron chi connectivity index (χ3n) is 2.46. The van der Waals surface area contributed by atoms with E-state index in [-0.39, 0.29) is 24.4 Å². The Morgan fingerprint density at radius 3 is 2.73 bits per heavy atom. The maximum absolute atomic E-state index is 12.3. The topological polar surface area (TPSA) is 105 Å². The fourth-order valence-corrected chi connectivity index (χ4v) is 1.44. The van der Waals surface area contributed by atoms with Crippen LogP contribution in [0.5, 0.6) is 0 Å². The van der Waals surface area contributed by atoms with E-state index >= 15 is 0 Å². The lowest BCUT2D eigenvalue weighted by atomic mass is 10.2. The molecule has 1 N–H and O–H groups in total. The number of carbonyl (C=O) groups excluding carboxylic acids is 1. The molecule has 114 valence electrons. The number of nitrogens with zero attached hydrogens (tertiary/aromatic N) is 4. The molecule has 0 saturated heterocycles. The van der Waals surface area contributed by atoms with Crippen LogP contribution >= 0.6 is 0 Å². The van der Waals surface area contributed by atoms with Gasteiger partial charge in [0.15, 0.2) is 0 Å². The quantitative estimate of drug-likeness (QED) is 0.921. The van der Waals surface area contributed by atoms with Crippen LogP contribution in [-0.2, 0) is 17.5 Å². The van der Waals surface area contributed by atoms with E-state index in [0.717, 1.165) is 0 Å². The van der Waals surface area contributed by atoms with E-state index in [9.17, 15) is 18.0 Å². The number of nitrogens with one attached hydrogen (secondary N) is 1. The summed E-state index contributed by atoms with van der Waals surface area (Å²) in [5.41, 5.74) is 0.709. The van der Waals surface area contributed by atoms with E-state index in [1.54, 1.807) is 6.07 Å². The second-order valence-corrected chi connectivity index (χ2v) is 4.07. The number of halogens is 3. The first-order valence-corrected chi connectivity index (χ1v) is 5.90. The largest absolute Gasteiger partial charge is 0.471 e. The third kappa shape index (κ3) is 3.78. The van der Waals surface area contributed by atoms with Crippen molar-refractivity contribution < 1.29 is 22.5 Å². The van der Waals surface area contributed by atoms with Gasteiger partial charge in [-0.25, -0.2) is 0 Å². The van der Waals surface area contributed by atoms with Crippen LogP contribution < -0.4 is 5.32 Å². The molecule has 0 radical (unpaired) electrons. The molecule has 2 rings (SSSR count). The molecule has 2 aromatic heterocycles. The summed E-state index contributed by atoms with van der Waals surface area (Å²) in [6.45, 7) is 0.0981. The second-order valence-electron chi connectivity index (χ2n) is 4.07. The summed E-state index contributed by atoms with van der Waals surface area (Å²) in [7, 11) is 0. The van der Waals surface area contributed by atoms with Gasteiger partial charge in [-0.3, -0.25) is 9.78 Å². The molecule has 0 fully saturated rings. The Kier molecular flexibility index (Phi) is 4.36. The van der Waals surface area contributed by atoms with Crippen molar-refractivity contribution in [3.63, 3.8) is 0 Å². The molecule has 2 aromatic rings. The Morgan fingerprint density at radius 1 is 1.41 bits per heavy atom. The first kappa shape index (κ1) is 15.4. The normalized spacial score (nSPS) is 11.0. The number of carbonyl (C=O) groups is 1. The van der Waals surface area contributed by atoms with Gasteiger partial charge in [0.2, 0.25) is 11.7 Å². The fraction of sp³-hybridized carbons (Fsp3) is 0.250. The number of pyridine rings is 1. The first-order valence-electron chi connectivity index (χ1n) is 5.90. The molecular weight excluding hydrogens is 303 g/mol. The molecule has 0 aliphatic carbocycles. The Labute approximate surface area is 121 Å². The SMILES string of the molecule is N#CCC(=O)NCc1ccc(-c2noc(C(F)(F)F)n2)cn1. The van der Waals surface area contributed by atoms with Crippen LogP contribution in [0.2, 0.25) is 0 Å². The monoisotopic (exact) mass is 311 g/mol. The minimum Gasteiger partial charge on any atom is -0.350 e. The van der Waals surface area contributed by atoms with Gasteiger partial charge >= 0.3 is 12.1 Å². The Balaban J connectivity index is 2.04.